The number of nitrogens with one attached hydrogen (secondary N) is 1. The van der Waals surface area contributed by atoms with E-state index in [9.17, 15) is 9.59 Å². The lowest BCUT2D eigenvalue weighted by molar-refractivity contribution is -0.125. The molecule has 1 aromatic carbocycles. The van der Waals surface area contributed by atoms with Crippen molar-refractivity contribution in [1.82, 2.24) is 9.88 Å². The number of nitrogens with zero attached hydrogens (tertiary/aromatic N) is 2. The zero-order valence-electron chi connectivity index (χ0n) is 17.7. The van der Waals surface area contributed by atoms with Gasteiger partial charge in [-0.15, -0.1) is 0 Å². The van der Waals surface area contributed by atoms with E-state index in [1.165, 1.54) is 11.1 Å². The summed E-state index contributed by atoms with van der Waals surface area (Å²) >= 11 is 0. The first-order valence-corrected chi connectivity index (χ1v) is 10.5. The largest absolute Gasteiger partial charge is 0.339 e. The summed E-state index contributed by atoms with van der Waals surface area (Å²) < 4.78 is 0. The van der Waals surface area contributed by atoms with Crippen molar-refractivity contribution in [2.45, 2.75) is 33.1 Å². The van der Waals surface area contributed by atoms with Gasteiger partial charge in [0.05, 0.1) is 0 Å². The van der Waals surface area contributed by atoms with Crippen LogP contribution in [-0.2, 0) is 9.59 Å². The molecule has 2 amide bonds. The molecule has 0 unspecified atom stereocenters. The Hall–Kier alpha value is -3.21. The number of pyridine rings is 1. The molecule has 0 spiro atoms. The van der Waals surface area contributed by atoms with E-state index < -0.39 is 0 Å². The molecule has 156 valence electrons. The van der Waals surface area contributed by atoms with Gasteiger partial charge in [0, 0.05) is 31.8 Å². The quantitative estimate of drug-likeness (QED) is 0.706. The molecule has 1 aliphatic heterocycles. The van der Waals surface area contributed by atoms with Gasteiger partial charge < -0.3 is 10.2 Å². The SMILES string of the molecule is CC(C)CC(=O)Nc1ccc(C=CC(=O)N2CCC=C(c3ccccc3)CC2)cn1. The van der Waals surface area contributed by atoms with Crippen LogP contribution in [0.3, 0.4) is 0 Å². The second-order valence-electron chi connectivity index (χ2n) is 7.92. The molecule has 0 aliphatic carbocycles. The van der Waals surface area contributed by atoms with Crippen molar-refractivity contribution in [3.63, 3.8) is 0 Å². The zero-order valence-corrected chi connectivity index (χ0v) is 17.7. The topological polar surface area (TPSA) is 62.3 Å². The zero-order chi connectivity index (χ0) is 21.3. The first-order chi connectivity index (χ1) is 14.5. The summed E-state index contributed by atoms with van der Waals surface area (Å²) in [4.78, 5) is 30.6. The second-order valence-corrected chi connectivity index (χ2v) is 7.92. The Morgan fingerprint density at radius 2 is 1.93 bits per heavy atom. The van der Waals surface area contributed by atoms with Crippen LogP contribution < -0.4 is 5.32 Å². The molecule has 5 heteroatoms. The number of anilines is 1. The van der Waals surface area contributed by atoms with Crippen LogP contribution in [0.1, 0.15) is 44.2 Å². The highest BCUT2D eigenvalue weighted by atomic mass is 16.2. The number of rotatable bonds is 6. The van der Waals surface area contributed by atoms with Crippen molar-refractivity contribution in [2.24, 2.45) is 5.92 Å². The number of aromatic nitrogens is 1. The average molecular weight is 404 g/mol. The van der Waals surface area contributed by atoms with Gasteiger partial charge in [0.15, 0.2) is 0 Å². The lowest BCUT2D eigenvalue weighted by Gasteiger charge is -2.18. The molecule has 1 aliphatic rings. The molecule has 0 atom stereocenters. The van der Waals surface area contributed by atoms with Gasteiger partial charge in [-0.25, -0.2) is 4.98 Å². The van der Waals surface area contributed by atoms with E-state index in [1.54, 1.807) is 24.4 Å². The average Bonchev–Trinajstić information content (AvgIpc) is 2.99. The van der Waals surface area contributed by atoms with Crippen LogP contribution in [0.5, 0.6) is 0 Å². The third kappa shape index (κ3) is 6.41. The van der Waals surface area contributed by atoms with E-state index in [1.807, 2.05) is 43.0 Å². The number of hydrogen-bond donors (Lipinski definition) is 1. The van der Waals surface area contributed by atoms with Crippen molar-refractivity contribution in [3.8, 4) is 0 Å². The van der Waals surface area contributed by atoms with Gasteiger partial charge >= 0.3 is 0 Å². The molecule has 0 radical (unpaired) electrons. The minimum absolute atomic E-state index is 0.00650. The van der Waals surface area contributed by atoms with Crippen molar-refractivity contribution in [2.75, 3.05) is 18.4 Å². The highest BCUT2D eigenvalue weighted by molar-refractivity contribution is 5.92. The molecule has 30 heavy (non-hydrogen) atoms. The second kappa shape index (κ2) is 10.5. The summed E-state index contributed by atoms with van der Waals surface area (Å²) in [6.07, 6.45) is 9.45. The lowest BCUT2D eigenvalue weighted by atomic mass is 10.0. The van der Waals surface area contributed by atoms with Crippen LogP contribution in [-0.4, -0.2) is 34.8 Å². The Kier molecular flexibility index (Phi) is 7.55. The van der Waals surface area contributed by atoms with Gasteiger partial charge in [0.1, 0.15) is 5.82 Å². The molecule has 2 aromatic rings. The van der Waals surface area contributed by atoms with E-state index in [0.717, 1.165) is 24.9 Å². The Balaban J connectivity index is 1.53. The first kappa shape index (κ1) is 21.5. The van der Waals surface area contributed by atoms with E-state index >= 15 is 0 Å². The number of amides is 2. The molecule has 2 heterocycles. The van der Waals surface area contributed by atoms with Crippen molar-refractivity contribution < 1.29 is 9.59 Å². The van der Waals surface area contributed by atoms with Gasteiger partial charge in [0.25, 0.3) is 0 Å². The number of benzene rings is 1. The third-order valence-corrected chi connectivity index (χ3v) is 4.96. The van der Waals surface area contributed by atoms with Gasteiger partial charge in [-0.3, -0.25) is 9.59 Å². The fourth-order valence-electron chi connectivity index (χ4n) is 3.41. The Labute approximate surface area is 178 Å². The van der Waals surface area contributed by atoms with E-state index in [0.29, 0.717) is 24.7 Å². The molecule has 0 bridgehead atoms. The van der Waals surface area contributed by atoms with Gasteiger partial charge in [-0.1, -0.05) is 50.3 Å². The standard InChI is InChI=1S/C25H29N3O2/c1-19(2)17-24(29)27-23-12-10-20(18-26-23)11-13-25(30)28-15-6-9-22(14-16-28)21-7-4-3-5-8-21/h3-5,7-13,18-19H,6,14-17H2,1-2H3,(H,26,27,29). The maximum absolute atomic E-state index is 12.6. The predicted molar refractivity (Wildman–Crippen MR) is 122 cm³/mol. The Morgan fingerprint density at radius 1 is 1.13 bits per heavy atom. The molecule has 1 aromatic heterocycles. The van der Waals surface area contributed by atoms with Crippen molar-refractivity contribution >= 4 is 29.3 Å². The maximum Gasteiger partial charge on any atom is 0.246 e. The van der Waals surface area contributed by atoms with E-state index in [4.69, 9.17) is 0 Å². The Bertz CT molecular complexity index is 915. The third-order valence-electron chi connectivity index (χ3n) is 4.96. The van der Waals surface area contributed by atoms with E-state index in [2.05, 4.69) is 28.5 Å². The minimum Gasteiger partial charge on any atom is -0.339 e. The molecule has 5 nitrogen and oxygen atoms in total. The van der Waals surface area contributed by atoms with Gasteiger partial charge in [-0.05, 0) is 53.7 Å². The van der Waals surface area contributed by atoms with E-state index in [-0.39, 0.29) is 11.8 Å². The number of carbonyl (C=O) groups excluding carboxylic acids is 2. The molecule has 3 rings (SSSR count). The summed E-state index contributed by atoms with van der Waals surface area (Å²) in [6, 6.07) is 13.9. The number of carbonyl (C=O) groups is 2. The van der Waals surface area contributed by atoms with Crippen LogP contribution >= 0.6 is 0 Å². The van der Waals surface area contributed by atoms with Crippen LogP contribution in [0, 0.1) is 5.92 Å². The molecule has 0 fully saturated rings. The summed E-state index contributed by atoms with van der Waals surface area (Å²) in [5, 5.41) is 2.79. The molecule has 0 saturated heterocycles. The molecule has 1 N–H and O–H groups in total. The predicted octanol–water partition coefficient (Wildman–Crippen LogP) is 4.79. The van der Waals surface area contributed by atoms with Gasteiger partial charge in [-0.2, -0.15) is 0 Å². The monoisotopic (exact) mass is 403 g/mol. The maximum atomic E-state index is 12.6. The van der Waals surface area contributed by atoms with Crippen LogP contribution in [0.2, 0.25) is 0 Å². The van der Waals surface area contributed by atoms with Crippen LogP contribution in [0.4, 0.5) is 5.82 Å². The first-order valence-electron chi connectivity index (χ1n) is 10.5. The summed E-state index contributed by atoms with van der Waals surface area (Å²) in [5.74, 6) is 0.792. The highest BCUT2D eigenvalue weighted by Gasteiger charge is 2.15. The summed E-state index contributed by atoms with van der Waals surface area (Å²) in [5.41, 5.74) is 3.35. The highest BCUT2D eigenvalue weighted by Crippen LogP contribution is 2.22. The summed E-state index contributed by atoms with van der Waals surface area (Å²) in [7, 11) is 0. The Morgan fingerprint density at radius 3 is 2.63 bits per heavy atom. The normalized spacial score (nSPS) is 14.5. The molecular weight excluding hydrogens is 374 g/mol. The molecule has 0 saturated carbocycles. The van der Waals surface area contributed by atoms with Crippen molar-refractivity contribution in [3.05, 3.63) is 71.9 Å². The fraction of sp³-hybridized carbons (Fsp3) is 0.320. The van der Waals surface area contributed by atoms with Crippen LogP contribution in [0.15, 0.2) is 60.8 Å². The number of hydrogen-bond acceptors (Lipinski definition) is 3. The van der Waals surface area contributed by atoms with Crippen molar-refractivity contribution in [1.29, 1.82) is 0 Å². The minimum atomic E-state index is -0.0411. The summed E-state index contributed by atoms with van der Waals surface area (Å²) in [6.45, 7) is 5.43. The van der Waals surface area contributed by atoms with Crippen LogP contribution in [0.25, 0.3) is 11.6 Å². The van der Waals surface area contributed by atoms with Gasteiger partial charge in [0.2, 0.25) is 11.8 Å². The fourth-order valence-corrected chi connectivity index (χ4v) is 3.41. The smallest absolute Gasteiger partial charge is 0.246 e. The molecular formula is C25H29N3O2. The lowest BCUT2D eigenvalue weighted by Crippen LogP contribution is -2.30.